The van der Waals surface area contributed by atoms with Crippen molar-refractivity contribution in [2.75, 3.05) is 19.7 Å². The van der Waals surface area contributed by atoms with Gasteiger partial charge in [0.15, 0.2) is 0 Å². The number of amides is 1. The molecular formula is C10H18N2O3. The zero-order valence-electron chi connectivity index (χ0n) is 9.07. The first-order valence-corrected chi connectivity index (χ1v) is 5.32. The van der Waals surface area contributed by atoms with Crippen molar-refractivity contribution in [1.29, 1.82) is 0 Å². The summed E-state index contributed by atoms with van der Waals surface area (Å²) in [7, 11) is 0. The molecule has 5 nitrogen and oxygen atoms in total. The van der Waals surface area contributed by atoms with Crippen LogP contribution in [0.4, 0.5) is 0 Å². The Bertz CT molecular complexity index is 235. The van der Waals surface area contributed by atoms with Gasteiger partial charge in [0.25, 0.3) is 0 Å². The van der Waals surface area contributed by atoms with Crippen molar-refractivity contribution in [2.45, 2.75) is 32.2 Å². The van der Waals surface area contributed by atoms with Gasteiger partial charge in [0.05, 0.1) is 6.61 Å². The largest absolute Gasteiger partial charge is 0.466 e. The Morgan fingerprint density at radius 2 is 2.00 bits per heavy atom. The van der Waals surface area contributed by atoms with E-state index in [1.807, 2.05) is 0 Å². The van der Waals surface area contributed by atoms with Crippen molar-refractivity contribution in [3.05, 3.63) is 0 Å². The van der Waals surface area contributed by atoms with Gasteiger partial charge in [-0.25, -0.2) is 0 Å². The van der Waals surface area contributed by atoms with Crippen molar-refractivity contribution < 1.29 is 14.3 Å². The van der Waals surface area contributed by atoms with E-state index in [0.29, 0.717) is 19.7 Å². The number of rotatable bonds is 3. The predicted octanol–water partition coefficient (Wildman–Crippen LogP) is -0.111. The van der Waals surface area contributed by atoms with Crippen LogP contribution in [0.5, 0.6) is 0 Å². The van der Waals surface area contributed by atoms with Gasteiger partial charge in [-0.15, -0.1) is 0 Å². The van der Waals surface area contributed by atoms with Gasteiger partial charge >= 0.3 is 5.97 Å². The summed E-state index contributed by atoms with van der Waals surface area (Å²) in [4.78, 5) is 24.3. The fourth-order valence-corrected chi connectivity index (χ4v) is 1.60. The molecule has 0 aromatic heterocycles. The molecule has 0 saturated carbocycles. The summed E-state index contributed by atoms with van der Waals surface area (Å²) in [5.74, 6) is -0.599. The third-order valence-electron chi connectivity index (χ3n) is 2.49. The van der Waals surface area contributed by atoms with Gasteiger partial charge in [-0.3, -0.25) is 9.59 Å². The number of ether oxygens (including phenoxy) is 1. The van der Waals surface area contributed by atoms with Gasteiger partial charge in [-0.05, 0) is 19.8 Å². The van der Waals surface area contributed by atoms with Crippen LogP contribution in [0.1, 0.15) is 26.2 Å². The quantitative estimate of drug-likeness (QED) is 0.525. The zero-order chi connectivity index (χ0) is 11.3. The second-order valence-corrected chi connectivity index (χ2v) is 3.70. The van der Waals surface area contributed by atoms with E-state index in [2.05, 4.69) is 0 Å². The van der Waals surface area contributed by atoms with E-state index >= 15 is 0 Å². The van der Waals surface area contributed by atoms with Gasteiger partial charge in [-0.1, -0.05) is 0 Å². The van der Waals surface area contributed by atoms with E-state index in [1.165, 1.54) is 0 Å². The lowest BCUT2D eigenvalue weighted by Gasteiger charge is -2.29. The molecule has 1 rings (SSSR count). The topological polar surface area (TPSA) is 72.6 Å². The summed E-state index contributed by atoms with van der Waals surface area (Å²) in [6.45, 7) is 3.35. The molecule has 2 N–H and O–H groups in total. The van der Waals surface area contributed by atoms with Crippen LogP contribution in [0.2, 0.25) is 0 Å². The number of hydrogen-bond donors (Lipinski definition) is 1. The molecule has 0 atom stereocenters. The lowest BCUT2D eigenvalue weighted by atomic mass is 10.1. The predicted molar refractivity (Wildman–Crippen MR) is 55.0 cm³/mol. The van der Waals surface area contributed by atoms with Gasteiger partial charge in [0, 0.05) is 19.1 Å². The second-order valence-electron chi connectivity index (χ2n) is 3.70. The first-order valence-electron chi connectivity index (χ1n) is 5.32. The van der Waals surface area contributed by atoms with Crippen LogP contribution in [0.25, 0.3) is 0 Å². The maximum Gasteiger partial charge on any atom is 0.315 e. The molecule has 0 unspecified atom stereocenters. The van der Waals surface area contributed by atoms with Crippen LogP contribution >= 0.6 is 0 Å². The lowest BCUT2D eigenvalue weighted by Crippen LogP contribution is -2.43. The van der Waals surface area contributed by atoms with E-state index in [0.717, 1.165) is 12.8 Å². The maximum atomic E-state index is 11.6. The number of nitrogens with two attached hydrogens (primary N) is 1. The first kappa shape index (κ1) is 12.0. The van der Waals surface area contributed by atoms with Crippen LogP contribution in [0.3, 0.4) is 0 Å². The van der Waals surface area contributed by atoms with Crippen molar-refractivity contribution in [3.8, 4) is 0 Å². The van der Waals surface area contributed by atoms with Crippen molar-refractivity contribution in [3.63, 3.8) is 0 Å². The molecule has 0 aliphatic carbocycles. The Labute approximate surface area is 89.6 Å². The van der Waals surface area contributed by atoms with Crippen LogP contribution < -0.4 is 5.73 Å². The Morgan fingerprint density at radius 3 is 2.53 bits per heavy atom. The molecule has 1 aliphatic heterocycles. The smallest absolute Gasteiger partial charge is 0.315 e. The molecule has 15 heavy (non-hydrogen) atoms. The summed E-state index contributed by atoms with van der Waals surface area (Å²) in [6, 6.07) is 0.191. The number of nitrogens with zero attached hydrogens (tertiary/aromatic N) is 1. The molecule has 86 valence electrons. The number of carbonyl (C=O) groups is 2. The Balaban J connectivity index is 2.31. The van der Waals surface area contributed by atoms with Gasteiger partial charge in [0.2, 0.25) is 5.91 Å². The normalized spacial score (nSPS) is 17.6. The maximum absolute atomic E-state index is 11.6. The van der Waals surface area contributed by atoms with Crippen molar-refractivity contribution >= 4 is 11.9 Å². The highest BCUT2D eigenvalue weighted by Crippen LogP contribution is 2.09. The molecule has 5 heteroatoms. The fourth-order valence-electron chi connectivity index (χ4n) is 1.60. The van der Waals surface area contributed by atoms with E-state index < -0.39 is 5.97 Å². The number of likely N-dealkylation sites (tertiary alicyclic amines) is 1. The van der Waals surface area contributed by atoms with Crippen LogP contribution in [0, 0.1) is 0 Å². The lowest BCUT2D eigenvalue weighted by molar-refractivity contribution is -0.148. The molecule has 0 radical (unpaired) electrons. The van der Waals surface area contributed by atoms with E-state index in [9.17, 15) is 9.59 Å². The van der Waals surface area contributed by atoms with Gasteiger partial charge in [0.1, 0.15) is 6.42 Å². The highest BCUT2D eigenvalue weighted by atomic mass is 16.5. The monoisotopic (exact) mass is 214 g/mol. The first-order chi connectivity index (χ1) is 7.13. The summed E-state index contributed by atoms with van der Waals surface area (Å²) in [6.07, 6.45) is 1.48. The van der Waals surface area contributed by atoms with Crippen LogP contribution in [-0.4, -0.2) is 42.5 Å². The summed E-state index contributed by atoms with van der Waals surface area (Å²) < 4.78 is 4.71. The highest BCUT2D eigenvalue weighted by molar-refractivity contribution is 5.94. The van der Waals surface area contributed by atoms with E-state index in [-0.39, 0.29) is 18.4 Å². The molecule has 0 spiro atoms. The number of carbonyl (C=O) groups excluding carboxylic acids is 2. The van der Waals surface area contributed by atoms with Crippen LogP contribution in [0.15, 0.2) is 0 Å². The standard InChI is InChI=1S/C10H18N2O3/c1-2-15-10(14)7-9(13)12-5-3-8(11)4-6-12/h8H,2-7,11H2,1H3. The Kier molecular flexibility index (Phi) is 4.55. The summed E-state index contributed by atoms with van der Waals surface area (Å²) in [5, 5.41) is 0. The third kappa shape index (κ3) is 3.87. The molecule has 1 aliphatic rings. The van der Waals surface area contributed by atoms with Crippen molar-refractivity contribution in [2.24, 2.45) is 5.73 Å². The number of esters is 1. The van der Waals surface area contributed by atoms with E-state index in [1.54, 1.807) is 11.8 Å². The average molecular weight is 214 g/mol. The van der Waals surface area contributed by atoms with Crippen LogP contribution in [-0.2, 0) is 14.3 Å². The molecule has 1 fully saturated rings. The minimum atomic E-state index is -0.447. The minimum Gasteiger partial charge on any atom is -0.466 e. The highest BCUT2D eigenvalue weighted by Gasteiger charge is 2.22. The summed E-state index contributed by atoms with van der Waals surface area (Å²) >= 11 is 0. The van der Waals surface area contributed by atoms with Gasteiger partial charge < -0.3 is 15.4 Å². The summed E-state index contributed by atoms with van der Waals surface area (Å²) in [5.41, 5.74) is 5.72. The van der Waals surface area contributed by atoms with E-state index in [4.69, 9.17) is 10.5 Å². The average Bonchev–Trinajstić information content (AvgIpc) is 2.18. The Morgan fingerprint density at radius 1 is 1.40 bits per heavy atom. The molecule has 0 aromatic carbocycles. The molecule has 1 amide bonds. The molecule has 0 aromatic rings. The van der Waals surface area contributed by atoms with Crippen molar-refractivity contribution in [1.82, 2.24) is 4.90 Å². The minimum absolute atomic E-state index is 0.150. The Hall–Kier alpha value is -1.10. The second kappa shape index (κ2) is 5.70. The SMILES string of the molecule is CCOC(=O)CC(=O)N1CCC(N)CC1. The molecule has 1 heterocycles. The number of hydrogen-bond acceptors (Lipinski definition) is 4. The fraction of sp³-hybridized carbons (Fsp3) is 0.800. The molecular weight excluding hydrogens is 196 g/mol. The molecule has 1 saturated heterocycles. The molecule has 0 bridgehead atoms. The zero-order valence-corrected chi connectivity index (χ0v) is 9.07. The number of piperidine rings is 1. The third-order valence-corrected chi connectivity index (χ3v) is 2.49. The van der Waals surface area contributed by atoms with Gasteiger partial charge in [-0.2, -0.15) is 0 Å².